The summed E-state index contributed by atoms with van der Waals surface area (Å²) in [6, 6.07) is 0. The van der Waals surface area contributed by atoms with Gasteiger partial charge in [0, 0.05) is 6.54 Å². The maximum absolute atomic E-state index is 11.5. The van der Waals surface area contributed by atoms with Crippen molar-refractivity contribution in [1.29, 1.82) is 0 Å². The Bertz CT molecular complexity index is 225. The molecule has 0 spiro atoms. The van der Waals surface area contributed by atoms with E-state index in [0.29, 0.717) is 5.92 Å². The summed E-state index contributed by atoms with van der Waals surface area (Å²) in [6.45, 7) is 6.02. The van der Waals surface area contributed by atoms with Crippen LogP contribution in [0.2, 0.25) is 0 Å². The van der Waals surface area contributed by atoms with Crippen molar-refractivity contribution in [3.05, 3.63) is 0 Å². The van der Waals surface area contributed by atoms with E-state index in [1.54, 1.807) is 0 Å². The summed E-state index contributed by atoms with van der Waals surface area (Å²) < 4.78 is 0. The van der Waals surface area contributed by atoms with Gasteiger partial charge in [-0.3, -0.25) is 4.79 Å². The molecule has 0 atom stereocenters. The van der Waals surface area contributed by atoms with E-state index in [-0.39, 0.29) is 5.91 Å². The number of rotatable bonds is 4. The number of carbonyl (C=O) groups is 1. The molecule has 3 heteroatoms. The minimum absolute atomic E-state index is 0.259. The Hall–Kier alpha value is -0.570. The number of nitrogens with one attached hydrogen (secondary N) is 1. The van der Waals surface area contributed by atoms with Crippen LogP contribution in [0.25, 0.3) is 0 Å². The highest BCUT2D eigenvalue weighted by Gasteiger charge is 2.25. The van der Waals surface area contributed by atoms with Gasteiger partial charge in [-0.25, -0.2) is 0 Å². The predicted molar refractivity (Wildman–Crippen MR) is 65.0 cm³/mol. The molecule has 1 fully saturated rings. The largest absolute Gasteiger partial charge is 0.381 e. The quantitative estimate of drug-likeness (QED) is 0.772. The maximum atomic E-state index is 11.5. The van der Waals surface area contributed by atoms with E-state index in [1.807, 2.05) is 0 Å². The van der Waals surface area contributed by atoms with Crippen molar-refractivity contribution in [2.75, 3.05) is 6.54 Å². The Morgan fingerprint density at radius 1 is 1.25 bits per heavy atom. The molecule has 0 aromatic heterocycles. The van der Waals surface area contributed by atoms with Gasteiger partial charge in [0.1, 0.15) is 5.60 Å². The Labute approximate surface area is 98.6 Å². The standard InChI is InChI=1S/C13H25NO2/c1-4-10-5-7-11(8-6-10)9-14-12(15)13(2,3)16/h10-11,16H,4-9H2,1-3H3,(H,14,15). The van der Waals surface area contributed by atoms with Crippen molar-refractivity contribution in [2.24, 2.45) is 11.8 Å². The fourth-order valence-corrected chi connectivity index (χ4v) is 2.30. The molecule has 0 aromatic rings. The first-order valence-electron chi connectivity index (χ1n) is 6.44. The van der Waals surface area contributed by atoms with E-state index in [1.165, 1.54) is 46.0 Å². The van der Waals surface area contributed by atoms with Crippen LogP contribution in [0.4, 0.5) is 0 Å². The lowest BCUT2D eigenvalue weighted by molar-refractivity contribution is -0.136. The Balaban J connectivity index is 2.22. The first-order chi connectivity index (χ1) is 7.43. The topological polar surface area (TPSA) is 49.3 Å². The second kappa shape index (κ2) is 5.67. The lowest BCUT2D eigenvalue weighted by atomic mass is 9.81. The highest BCUT2D eigenvalue weighted by Crippen LogP contribution is 2.30. The van der Waals surface area contributed by atoms with Crippen molar-refractivity contribution in [1.82, 2.24) is 5.32 Å². The number of amides is 1. The van der Waals surface area contributed by atoms with Gasteiger partial charge >= 0.3 is 0 Å². The van der Waals surface area contributed by atoms with E-state index < -0.39 is 5.60 Å². The molecule has 1 aliphatic carbocycles. The summed E-state index contributed by atoms with van der Waals surface area (Å²) in [5.74, 6) is 1.24. The number of hydrogen-bond donors (Lipinski definition) is 2. The smallest absolute Gasteiger partial charge is 0.251 e. The maximum Gasteiger partial charge on any atom is 0.251 e. The summed E-state index contributed by atoms with van der Waals surface area (Å²) in [6.07, 6.45) is 6.29. The van der Waals surface area contributed by atoms with E-state index >= 15 is 0 Å². The molecule has 1 rings (SSSR count). The molecule has 0 unspecified atom stereocenters. The van der Waals surface area contributed by atoms with Gasteiger partial charge in [0.15, 0.2) is 0 Å². The Morgan fingerprint density at radius 3 is 2.19 bits per heavy atom. The molecular weight excluding hydrogens is 202 g/mol. The lowest BCUT2D eigenvalue weighted by Crippen LogP contribution is -2.44. The SMILES string of the molecule is CCC1CCC(CNC(=O)C(C)(C)O)CC1. The van der Waals surface area contributed by atoms with Crippen molar-refractivity contribution in [3.8, 4) is 0 Å². The summed E-state index contributed by atoms with van der Waals surface area (Å²) in [4.78, 5) is 11.5. The van der Waals surface area contributed by atoms with Crippen molar-refractivity contribution < 1.29 is 9.90 Å². The number of carbonyl (C=O) groups excluding carboxylic acids is 1. The average Bonchev–Trinajstić information content (AvgIpc) is 2.25. The number of aliphatic hydroxyl groups is 1. The van der Waals surface area contributed by atoms with Crippen LogP contribution in [-0.4, -0.2) is 23.2 Å². The third kappa shape index (κ3) is 4.12. The lowest BCUT2D eigenvalue weighted by Gasteiger charge is -2.28. The Morgan fingerprint density at radius 2 is 1.75 bits per heavy atom. The predicted octanol–water partition coefficient (Wildman–Crippen LogP) is 2.09. The molecule has 16 heavy (non-hydrogen) atoms. The van der Waals surface area contributed by atoms with E-state index in [4.69, 9.17) is 0 Å². The van der Waals surface area contributed by atoms with Gasteiger partial charge < -0.3 is 10.4 Å². The monoisotopic (exact) mass is 227 g/mol. The zero-order valence-electron chi connectivity index (χ0n) is 10.8. The van der Waals surface area contributed by atoms with Gasteiger partial charge in [-0.1, -0.05) is 26.2 Å². The van der Waals surface area contributed by atoms with Gasteiger partial charge in [-0.15, -0.1) is 0 Å². The average molecular weight is 227 g/mol. The van der Waals surface area contributed by atoms with Gasteiger partial charge in [-0.05, 0) is 38.5 Å². The van der Waals surface area contributed by atoms with Crippen LogP contribution in [0.3, 0.4) is 0 Å². The summed E-state index contributed by atoms with van der Waals surface area (Å²) in [5.41, 5.74) is -1.25. The van der Waals surface area contributed by atoms with Crippen LogP contribution < -0.4 is 5.32 Å². The minimum Gasteiger partial charge on any atom is -0.381 e. The zero-order valence-corrected chi connectivity index (χ0v) is 10.8. The molecule has 1 saturated carbocycles. The molecule has 0 aliphatic heterocycles. The molecule has 0 heterocycles. The second-order valence-electron chi connectivity index (χ2n) is 5.56. The highest BCUT2D eigenvalue weighted by atomic mass is 16.3. The van der Waals surface area contributed by atoms with Gasteiger partial charge in [-0.2, -0.15) is 0 Å². The van der Waals surface area contributed by atoms with Crippen LogP contribution in [0.1, 0.15) is 52.9 Å². The third-order valence-corrected chi connectivity index (χ3v) is 3.65. The highest BCUT2D eigenvalue weighted by molar-refractivity contribution is 5.83. The molecule has 1 aliphatic rings. The molecular formula is C13H25NO2. The zero-order chi connectivity index (χ0) is 12.2. The fourth-order valence-electron chi connectivity index (χ4n) is 2.30. The molecule has 3 nitrogen and oxygen atoms in total. The molecule has 1 amide bonds. The van der Waals surface area contributed by atoms with Gasteiger partial charge in [0.25, 0.3) is 5.91 Å². The van der Waals surface area contributed by atoms with E-state index in [0.717, 1.165) is 12.5 Å². The van der Waals surface area contributed by atoms with E-state index in [2.05, 4.69) is 12.2 Å². The first-order valence-corrected chi connectivity index (χ1v) is 6.44. The summed E-state index contributed by atoms with van der Waals surface area (Å²) in [5, 5.41) is 12.3. The normalized spacial score (nSPS) is 26.5. The first kappa shape index (κ1) is 13.5. The fraction of sp³-hybridized carbons (Fsp3) is 0.923. The van der Waals surface area contributed by atoms with Crippen LogP contribution >= 0.6 is 0 Å². The van der Waals surface area contributed by atoms with Crippen molar-refractivity contribution in [2.45, 2.75) is 58.5 Å². The van der Waals surface area contributed by atoms with Crippen molar-refractivity contribution >= 4 is 5.91 Å². The molecule has 2 N–H and O–H groups in total. The van der Waals surface area contributed by atoms with Gasteiger partial charge in [0.05, 0.1) is 0 Å². The van der Waals surface area contributed by atoms with Crippen molar-refractivity contribution in [3.63, 3.8) is 0 Å². The Kier molecular flexibility index (Phi) is 4.78. The molecule has 0 radical (unpaired) electrons. The summed E-state index contributed by atoms with van der Waals surface area (Å²) in [7, 11) is 0. The molecule has 0 aromatic carbocycles. The second-order valence-corrected chi connectivity index (χ2v) is 5.56. The van der Waals surface area contributed by atoms with Crippen LogP contribution in [0.15, 0.2) is 0 Å². The minimum atomic E-state index is -1.25. The number of hydrogen-bond acceptors (Lipinski definition) is 2. The molecule has 0 saturated heterocycles. The van der Waals surface area contributed by atoms with Crippen LogP contribution in [-0.2, 0) is 4.79 Å². The van der Waals surface area contributed by atoms with Crippen LogP contribution in [0.5, 0.6) is 0 Å². The van der Waals surface area contributed by atoms with E-state index in [9.17, 15) is 9.90 Å². The van der Waals surface area contributed by atoms with Gasteiger partial charge in [0.2, 0.25) is 0 Å². The van der Waals surface area contributed by atoms with Crippen LogP contribution in [0, 0.1) is 11.8 Å². The molecule has 94 valence electrons. The summed E-state index contributed by atoms with van der Waals surface area (Å²) >= 11 is 0. The third-order valence-electron chi connectivity index (χ3n) is 3.65. The molecule has 0 bridgehead atoms.